The molecule has 0 bridgehead atoms. The number of ketones is 1. The summed E-state index contributed by atoms with van der Waals surface area (Å²) in [6.45, 7) is 5.30. The van der Waals surface area contributed by atoms with E-state index in [1.807, 2.05) is 43.3 Å². The number of hydrogen-bond donors (Lipinski definition) is 2. The molecule has 0 spiro atoms. The van der Waals surface area contributed by atoms with Gasteiger partial charge >= 0.3 is 0 Å². The molecule has 2 aromatic carbocycles. The lowest BCUT2D eigenvalue weighted by Gasteiger charge is -2.28. The van der Waals surface area contributed by atoms with E-state index in [2.05, 4.69) is 15.5 Å². The molecule has 1 fully saturated rings. The van der Waals surface area contributed by atoms with Crippen molar-refractivity contribution in [3.8, 4) is 0 Å². The molecule has 0 unspecified atom stereocenters. The van der Waals surface area contributed by atoms with E-state index in [4.69, 9.17) is 28.6 Å². The number of carbonyl (C=O) groups is 1. The Kier molecular flexibility index (Phi) is 6.66. The number of halogens is 1. The highest BCUT2D eigenvalue weighted by molar-refractivity contribution is 7.80. The third-order valence-corrected chi connectivity index (χ3v) is 4.89. The van der Waals surface area contributed by atoms with Crippen LogP contribution in [0.4, 0.5) is 11.4 Å². The summed E-state index contributed by atoms with van der Waals surface area (Å²) in [5.74, 6) is -0.0134. The first-order chi connectivity index (χ1) is 13.0. The van der Waals surface area contributed by atoms with Gasteiger partial charge in [-0.15, -0.1) is 0 Å². The van der Waals surface area contributed by atoms with Crippen LogP contribution in [-0.4, -0.2) is 43.7 Å². The van der Waals surface area contributed by atoms with Gasteiger partial charge in [-0.05, 0) is 67.2 Å². The summed E-state index contributed by atoms with van der Waals surface area (Å²) in [4.78, 5) is 14.7. The number of nitrogens with one attached hydrogen (secondary N) is 2. The van der Waals surface area contributed by atoms with Crippen molar-refractivity contribution in [3.05, 3.63) is 58.6 Å². The van der Waals surface area contributed by atoms with Crippen molar-refractivity contribution in [2.75, 3.05) is 43.1 Å². The van der Waals surface area contributed by atoms with E-state index >= 15 is 0 Å². The van der Waals surface area contributed by atoms with Crippen molar-refractivity contribution in [1.29, 1.82) is 0 Å². The van der Waals surface area contributed by atoms with Crippen LogP contribution < -0.4 is 15.5 Å². The van der Waals surface area contributed by atoms with Crippen molar-refractivity contribution in [1.82, 2.24) is 5.32 Å². The first-order valence-electron chi connectivity index (χ1n) is 8.80. The van der Waals surface area contributed by atoms with E-state index in [0.29, 0.717) is 15.7 Å². The van der Waals surface area contributed by atoms with Gasteiger partial charge in [0.2, 0.25) is 0 Å². The predicted molar refractivity (Wildman–Crippen MR) is 114 cm³/mol. The quantitative estimate of drug-likeness (QED) is 0.587. The van der Waals surface area contributed by atoms with Gasteiger partial charge in [0.05, 0.1) is 19.8 Å². The molecule has 1 saturated heterocycles. The maximum atomic E-state index is 12.4. The number of aryl methyl sites for hydroxylation is 1. The van der Waals surface area contributed by atoms with Crippen molar-refractivity contribution >= 4 is 46.1 Å². The van der Waals surface area contributed by atoms with Gasteiger partial charge in [0.15, 0.2) is 10.9 Å². The van der Waals surface area contributed by atoms with Crippen molar-refractivity contribution in [2.24, 2.45) is 0 Å². The van der Waals surface area contributed by atoms with Crippen LogP contribution >= 0.6 is 23.8 Å². The molecule has 7 heteroatoms. The summed E-state index contributed by atoms with van der Waals surface area (Å²) in [5, 5.41) is 7.12. The Morgan fingerprint density at radius 2 is 1.89 bits per heavy atom. The van der Waals surface area contributed by atoms with E-state index in [1.54, 1.807) is 6.07 Å². The molecule has 0 aliphatic carbocycles. The van der Waals surface area contributed by atoms with Crippen LogP contribution in [0, 0.1) is 6.92 Å². The third-order valence-electron chi connectivity index (χ3n) is 4.41. The highest BCUT2D eigenvalue weighted by Gasteiger charge is 2.12. The van der Waals surface area contributed by atoms with Gasteiger partial charge in [0, 0.05) is 35.1 Å². The average Bonchev–Trinajstić information content (AvgIpc) is 2.69. The fourth-order valence-corrected chi connectivity index (χ4v) is 3.28. The lowest BCUT2D eigenvalue weighted by Crippen LogP contribution is -2.36. The average molecular weight is 404 g/mol. The molecular weight excluding hydrogens is 382 g/mol. The number of hydrogen-bond acceptors (Lipinski definition) is 4. The number of carbonyl (C=O) groups excluding carboxylic acids is 1. The number of anilines is 2. The molecule has 0 aromatic heterocycles. The molecule has 142 valence electrons. The van der Waals surface area contributed by atoms with Gasteiger partial charge in [-0.1, -0.05) is 11.6 Å². The lowest BCUT2D eigenvalue weighted by molar-refractivity contribution is 0.0996. The molecule has 27 heavy (non-hydrogen) atoms. The smallest absolute Gasteiger partial charge is 0.181 e. The number of rotatable bonds is 5. The normalized spacial score (nSPS) is 13.9. The molecule has 1 heterocycles. The zero-order chi connectivity index (χ0) is 19.2. The highest BCUT2D eigenvalue weighted by atomic mass is 35.5. The number of Topliss-reactive ketones (excluding diaryl/α,β-unsaturated/α-hetero) is 1. The second-order valence-corrected chi connectivity index (χ2v) is 7.18. The molecule has 0 saturated carbocycles. The molecule has 3 rings (SSSR count). The van der Waals surface area contributed by atoms with E-state index in [1.165, 1.54) is 0 Å². The minimum Gasteiger partial charge on any atom is -0.378 e. The predicted octanol–water partition coefficient (Wildman–Crippen LogP) is 3.65. The molecule has 2 N–H and O–H groups in total. The summed E-state index contributed by atoms with van der Waals surface area (Å²) in [6, 6.07) is 13.2. The Hall–Kier alpha value is -2.15. The Morgan fingerprint density at radius 3 is 2.56 bits per heavy atom. The second kappa shape index (κ2) is 9.17. The van der Waals surface area contributed by atoms with Crippen LogP contribution in [0.15, 0.2) is 42.5 Å². The van der Waals surface area contributed by atoms with E-state index in [9.17, 15) is 4.79 Å². The minimum atomic E-state index is -0.0134. The molecule has 5 nitrogen and oxygen atoms in total. The number of morpholine rings is 1. The third kappa shape index (κ3) is 5.42. The van der Waals surface area contributed by atoms with Gasteiger partial charge in [-0.25, -0.2) is 0 Å². The topological polar surface area (TPSA) is 53.6 Å². The maximum absolute atomic E-state index is 12.4. The Morgan fingerprint density at radius 1 is 1.19 bits per heavy atom. The minimum absolute atomic E-state index is 0.0134. The van der Waals surface area contributed by atoms with Crippen LogP contribution in [-0.2, 0) is 4.74 Å². The molecule has 1 aliphatic heterocycles. The van der Waals surface area contributed by atoms with Crippen LogP contribution in [0.3, 0.4) is 0 Å². The number of thiocarbonyl (C=S) groups is 1. The van der Waals surface area contributed by atoms with Crippen molar-refractivity contribution in [2.45, 2.75) is 6.92 Å². The maximum Gasteiger partial charge on any atom is 0.181 e. The molecule has 0 radical (unpaired) electrons. The summed E-state index contributed by atoms with van der Waals surface area (Å²) >= 11 is 11.2. The van der Waals surface area contributed by atoms with E-state index in [-0.39, 0.29) is 12.3 Å². The van der Waals surface area contributed by atoms with Gasteiger partial charge < -0.3 is 20.3 Å². The number of ether oxygens (including phenoxy) is 1. The zero-order valence-corrected chi connectivity index (χ0v) is 16.7. The monoisotopic (exact) mass is 403 g/mol. The first-order valence-corrected chi connectivity index (χ1v) is 9.58. The van der Waals surface area contributed by atoms with Crippen LogP contribution in [0.1, 0.15) is 15.9 Å². The lowest BCUT2D eigenvalue weighted by atomic mass is 10.1. The van der Waals surface area contributed by atoms with Gasteiger partial charge in [-0.3, -0.25) is 4.79 Å². The Labute approximate surface area is 169 Å². The SMILES string of the molecule is Cc1cc(Cl)ccc1NC(=S)NCC(=O)c1ccc(N2CCOCC2)cc1. The highest BCUT2D eigenvalue weighted by Crippen LogP contribution is 2.19. The van der Waals surface area contributed by atoms with Crippen LogP contribution in [0.25, 0.3) is 0 Å². The van der Waals surface area contributed by atoms with E-state index < -0.39 is 0 Å². The molecule has 1 aliphatic rings. The van der Waals surface area contributed by atoms with Crippen LogP contribution in [0.5, 0.6) is 0 Å². The fourth-order valence-electron chi connectivity index (χ4n) is 2.88. The van der Waals surface area contributed by atoms with Crippen molar-refractivity contribution in [3.63, 3.8) is 0 Å². The Bertz CT molecular complexity index is 820. The van der Waals surface area contributed by atoms with Crippen LogP contribution in [0.2, 0.25) is 5.02 Å². The molecule has 0 amide bonds. The standard InChI is InChI=1S/C20H22ClN3O2S/c1-14-12-16(21)4-7-18(14)23-20(27)22-13-19(25)15-2-5-17(6-3-15)24-8-10-26-11-9-24/h2-7,12H,8-11,13H2,1H3,(H2,22,23,27). The molecule has 2 aromatic rings. The molecular formula is C20H22ClN3O2S. The summed E-state index contributed by atoms with van der Waals surface area (Å²) in [5.41, 5.74) is 3.61. The second-order valence-electron chi connectivity index (χ2n) is 6.34. The van der Waals surface area contributed by atoms with Gasteiger partial charge in [0.25, 0.3) is 0 Å². The number of benzene rings is 2. The first kappa shape index (κ1) is 19.6. The summed E-state index contributed by atoms with van der Waals surface area (Å²) in [7, 11) is 0. The largest absolute Gasteiger partial charge is 0.378 e. The summed E-state index contributed by atoms with van der Waals surface area (Å²) < 4.78 is 5.36. The fraction of sp³-hybridized carbons (Fsp3) is 0.300. The van der Waals surface area contributed by atoms with Gasteiger partial charge in [0.1, 0.15) is 0 Å². The summed E-state index contributed by atoms with van der Waals surface area (Å²) in [6.07, 6.45) is 0. The van der Waals surface area contributed by atoms with Crippen molar-refractivity contribution < 1.29 is 9.53 Å². The van der Waals surface area contributed by atoms with Gasteiger partial charge in [-0.2, -0.15) is 0 Å². The number of nitrogens with zero attached hydrogens (tertiary/aromatic N) is 1. The van der Waals surface area contributed by atoms with E-state index in [0.717, 1.165) is 43.2 Å². The Balaban J connectivity index is 1.51. The molecule has 0 atom stereocenters. The zero-order valence-electron chi connectivity index (χ0n) is 15.1.